The third-order valence-electron chi connectivity index (χ3n) is 4.43. The highest BCUT2D eigenvalue weighted by molar-refractivity contribution is 5.98. The second kappa shape index (κ2) is 3.83. The van der Waals surface area contributed by atoms with E-state index in [1.807, 2.05) is 12.1 Å². The van der Waals surface area contributed by atoms with E-state index in [-0.39, 0.29) is 12.1 Å². The highest BCUT2D eigenvalue weighted by Crippen LogP contribution is 2.43. The molecule has 2 N–H and O–H groups in total. The molecule has 4 heteroatoms. The van der Waals surface area contributed by atoms with Gasteiger partial charge >= 0.3 is 0 Å². The summed E-state index contributed by atoms with van der Waals surface area (Å²) >= 11 is 0. The molecule has 0 aliphatic carbocycles. The lowest BCUT2D eigenvalue weighted by atomic mass is 9.91. The summed E-state index contributed by atoms with van der Waals surface area (Å²) in [5.41, 5.74) is 8.42. The van der Waals surface area contributed by atoms with Gasteiger partial charge in [0.2, 0.25) is 0 Å². The quantitative estimate of drug-likeness (QED) is 0.772. The molecule has 3 aliphatic rings. The Kier molecular flexibility index (Phi) is 2.22. The average Bonchev–Trinajstić information content (AvgIpc) is 2.78. The Morgan fingerprint density at radius 1 is 1.32 bits per heavy atom. The number of rotatable bonds is 0. The molecule has 1 fully saturated rings. The molecule has 1 saturated heterocycles. The van der Waals surface area contributed by atoms with Crippen molar-refractivity contribution in [3.8, 4) is 0 Å². The van der Waals surface area contributed by atoms with Crippen molar-refractivity contribution < 1.29 is 0 Å². The highest BCUT2D eigenvalue weighted by Gasteiger charge is 2.43. The zero-order valence-electron chi connectivity index (χ0n) is 11.1. The molecule has 19 heavy (non-hydrogen) atoms. The van der Waals surface area contributed by atoms with Crippen LogP contribution in [0.25, 0.3) is 0 Å². The molecule has 0 aromatic heterocycles. The summed E-state index contributed by atoms with van der Waals surface area (Å²) in [6.07, 6.45) is 2.30. The molecule has 3 aliphatic heterocycles. The minimum Gasteiger partial charge on any atom is -0.385 e. The molecule has 0 amide bonds. The van der Waals surface area contributed by atoms with Crippen molar-refractivity contribution in [2.24, 2.45) is 21.6 Å². The number of piperidine rings is 1. The van der Waals surface area contributed by atoms with E-state index < -0.39 is 0 Å². The topological polar surface area (TPSA) is 54.0 Å². The zero-order valence-corrected chi connectivity index (χ0v) is 11.1. The molecule has 98 valence electrons. The fourth-order valence-corrected chi connectivity index (χ4v) is 3.48. The van der Waals surface area contributed by atoms with Crippen molar-refractivity contribution in [2.45, 2.75) is 31.8 Å². The number of para-hydroxylation sites is 1. The van der Waals surface area contributed by atoms with Crippen molar-refractivity contribution >= 4 is 17.4 Å². The number of hydrogen-bond acceptors (Lipinski definition) is 4. The van der Waals surface area contributed by atoms with Gasteiger partial charge in [-0.15, -0.1) is 0 Å². The smallest absolute Gasteiger partial charge is 0.134 e. The molecule has 3 unspecified atom stereocenters. The van der Waals surface area contributed by atoms with Crippen LogP contribution in [0.15, 0.2) is 34.3 Å². The second-order valence-corrected chi connectivity index (χ2v) is 5.83. The van der Waals surface area contributed by atoms with Crippen LogP contribution in [0, 0.1) is 5.92 Å². The lowest BCUT2D eigenvalue weighted by Gasteiger charge is -2.37. The van der Waals surface area contributed by atoms with Gasteiger partial charge in [0.1, 0.15) is 17.7 Å². The van der Waals surface area contributed by atoms with E-state index in [1.165, 1.54) is 17.8 Å². The van der Waals surface area contributed by atoms with Crippen LogP contribution < -0.4 is 5.73 Å². The summed E-state index contributed by atoms with van der Waals surface area (Å²) in [6, 6.07) is 8.61. The first-order valence-electron chi connectivity index (χ1n) is 7.00. The van der Waals surface area contributed by atoms with Crippen LogP contribution in [0.5, 0.6) is 0 Å². The lowest BCUT2D eigenvalue weighted by molar-refractivity contribution is 0.257. The van der Waals surface area contributed by atoms with E-state index in [1.54, 1.807) is 0 Å². The van der Waals surface area contributed by atoms with Gasteiger partial charge in [0.15, 0.2) is 0 Å². The van der Waals surface area contributed by atoms with Crippen LogP contribution in [0.1, 0.15) is 31.4 Å². The van der Waals surface area contributed by atoms with Gasteiger partial charge < -0.3 is 10.6 Å². The third kappa shape index (κ3) is 1.52. The van der Waals surface area contributed by atoms with E-state index >= 15 is 0 Å². The van der Waals surface area contributed by atoms with E-state index in [2.05, 4.69) is 28.9 Å². The van der Waals surface area contributed by atoms with E-state index in [0.29, 0.717) is 5.84 Å². The van der Waals surface area contributed by atoms with Gasteiger partial charge in [-0.3, -0.25) is 4.99 Å². The third-order valence-corrected chi connectivity index (χ3v) is 4.43. The summed E-state index contributed by atoms with van der Waals surface area (Å²) in [5, 5.41) is 0. The second-order valence-electron chi connectivity index (χ2n) is 5.83. The Hall–Kier alpha value is -1.84. The molecule has 4 nitrogen and oxygen atoms in total. The van der Waals surface area contributed by atoms with Gasteiger partial charge in [-0.05, 0) is 18.4 Å². The molecule has 4 rings (SSSR count). The van der Waals surface area contributed by atoms with Crippen LogP contribution in [0.3, 0.4) is 0 Å². The summed E-state index contributed by atoms with van der Waals surface area (Å²) in [6.45, 7) is 3.40. The maximum Gasteiger partial charge on any atom is 0.134 e. The Morgan fingerprint density at radius 2 is 2.16 bits per heavy atom. The predicted molar refractivity (Wildman–Crippen MR) is 76.8 cm³/mol. The van der Waals surface area contributed by atoms with E-state index in [0.717, 1.165) is 24.6 Å². The van der Waals surface area contributed by atoms with Gasteiger partial charge in [0.05, 0.1) is 11.7 Å². The van der Waals surface area contributed by atoms with Gasteiger partial charge in [-0.25, -0.2) is 4.99 Å². The van der Waals surface area contributed by atoms with Crippen molar-refractivity contribution in [3.05, 3.63) is 29.8 Å². The van der Waals surface area contributed by atoms with Crippen molar-refractivity contribution in [1.29, 1.82) is 0 Å². The number of fused-ring (bicyclic) bond motifs is 5. The molecule has 1 aromatic rings. The number of nitrogens with two attached hydrogens (primary N) is 1. The zero-order chi connectivity index (χ0) is 13.0. The Bertz CT molecular complexity index is 590. The van der Waals surface area contributed by atoms with Crippen LogP contribution >= 0.6 is 0 Å². The molecular weight excluding hydrogens is 236 g/mol. The normalized spacial score (nSPS) is 32.1. The summed E-state index contributed by atoms with van der Waals surface area (Å²) in [5.74, 6) is 2.62. The monoisotopic (exact) mass is 254 g/mol. The first kappa shape index (κ1) is 11.0. The SMILES string of the molecule is CC1CCC2=NC3C(N)=Nc4ccccc4C3N2C1. The van der Waals surface area contributed by atoms with Crippen molar-refractivity contribution in [3.63, 3.8) is 0 Å². The largest absolute Gasteiger partial charge is 0.385 e. The number of aliphatic imine (C=N–C) groups is 2. The van der Waals surface area contributed by atoms with Gasteiger partial charge in [0.25, 0.3) is 0 Å². The maximum absolute atomic E-state index is 6.14. The number of nitrogens with zero attached hydrogens (tertiary/aromatic N) is 3. The average molecular weight is 254 g/mol. The molecule has 0 bridgehead atoms. The molecule has 3 atom stereocenters. The molecule has 0 saturated carbocycles. The Balaban J connectivity index is 1.83. The standard InChI is InChI=1S/C15H18N4/c1-9-6-7-12-18-13-14(19(12)8-9)10-4-2-3-5-11(10)17-15(13)16/h2-5,9,13-14H,6-8H2,1H3,(H2,16,17). The van der Waals surface area contributed by atoms with Crippen LogP contribution in [0.4, 0.5) is 5.69 Å². The number of hydrogen-bond donors (Lipinski definition) is 1. The summed E-state index contributed by atoms with van der Waals surface area (Å²) in [4.78, 5) is 11.8. The maximum atomic E-state index is 6.14. The number of benzene rings is 1. The van der Waals surface area contributed by atoms with E-state index in [9.17, 15) is 0 Å². The fraction of sp³-hybridized carbons (Fsp3) is 0.467. The van der Waals surface area contributed by atoms with Crippen LogP contribution in [0.2, 0.25) is 0 Å². The van der Waals surface area contributed by atoms with E-state index in [4.69, 9.17) is 10.7 Å². The van der Waals surface area contributed by atoms with Gasteiger partial charge in [0, 0.05) is 18.5 Å². The predicted octanol–water partition coefficient (Wildman–Crippen LogP) is 2.24. The Labute approximate surface area is 113 Å². The first-order valence-corrected chi connectivity index (χ1v) is 7.00. The van der Waals surface area contributed by atoms with Crippen molar-refractivity contribution in [1.82, 2.24) is 4.90 Å². The lowest BCUT2D eigenvalue weighted by Crippen LogP contribution is -2.43. The summed E-state index contributed by atoms with van der Waals surface area (Å²) < 4.78 is 0. The van der Waals surface area contributed by atoms with Gasteiger partial charge in [-0.2, -0.15) is 0 Å². The molecular formula is C15H18N4. The molecule has 1 aromatic carbocycles. The minimum absolute atomic E-state index is 0.0233. The fourth-order valence-electron chi connectivity index (χ4n) is 3.48. The Morgan fingerprint density at radius 3 is 3.05 bits per heavy atom. The van der Waals surface area contributed by atoms with Crippen molar-refractivity contribution in [2.75, 3.05) is 6.54 Å². The molecule has 0 radical (unpaired) electrons. The van der Waals surface area contributed by atoms with Crippen LogP contribution in [-0.2, 0) is 0 Å². The first-order chi connectivity index (χ1) is 9.24. The molecule has 3 heterocycles. The van der Waals surface area contributed by atoms with Gasteiger partial charge in [-0.1, -0.05) is 25.1 Å². The highest BCUT2D eigenvalue weighted by atomic mass is 15.3. The minimum atomic E-state index is 0.0233. The number of amidine groups is 2. The summed E-state index contributed by atoms with van der Waals surface area (Å²) in [7, 11) is 0. The van der Waals surface area contributed by atoms with Crippen LogP contribution in [-0.4, -0.2) is 29.2 Å². The molecule has 0 spiro atoms.